The number of carbonyl (C=O) groups excluding carboxylic acids is 2. The molecule has 5 nitrogen and oxygen atoms in total. The van der Waals surface area contributed by atoms with E-state index in [0.717, 1.165) is 23.1 Å². The van der Waals surface area contributed by atoms with Gasteiger partial charge in [-0.2, -0.15) is 0 Å². The Morgan fingerprint density at radius 2 is 1.74 bits per heavy atom. The fourth-order valence-electron chi connectivity index (χ4n) is 3.25. The van der Waals surface area contributed by atoms with Crippen molar-refractivity contribution in [2.45, 2.75) is 66.1 Å². The molecule has 1 N–H and O–H groups in total. The molecular weight excluding hydrogens is 412 g/mol. The Bertz CT molecular complexity index is 883. The third-order valence-corrected chi connectivity index (χ3v) is 5.81. The summed E-state index contributed by atoms with van der Waals surface area (Å²) in [5, 5.41) is 3.63. The van der Waals surface area contributed by atoms with E-state index in [-0.39, 0.29) is 24.5 Å². The first kappa shape index (κ1) is 24.7. The molecule has 0 spiro atoms. The third kappa shape index (κ3) is 7.00. The molecule has 2 atom stereocenters. The quantitative estimate of drug-likeness (QED) is 0.557. The summed E-state index contributed by atoms with van der Waals surface area (Å²) in [6, 6.07) is 12.5. The fraction of sp³-hybridized carbons (Fsp3) is 0.440. The number of nitrogens with one attached hydrogen (secondary N) is 1. The number of amides is 2. The number of halogens is 1. The van der Waals surface area contributed by atoms with Gasteiger partial charge in [-0.25, -0.2) is 0 Å². The van der Waals surface area contributed by atoms with E-state index in [0.29, 0.717) is 23.7 Å². The van der Waals surface area contributed by atoms with Crippen LogP contribution >= 0.6 is 11.6 Å². The Hall–Kier alpha value is -2.53. The fourth-order valence-corrected chi connectivity index (χ4v) is 3.38. The highest BCUT2D eigenvalue weighted by Gasteiger charge is 2.29. The van der Waals surface area contributed by atoms with Gasteiger partial charge in [-0.3, -0.25) is 9.59 Å². The summed E-state index contributed by atoms with van der Waals surface area (Å²) in [4.78, 5) is 27.8. The Labute approximate surface area is 190 Å². The Kier molecular flexibility index (Phi) is 9.38. The van der Waals surface area contributed by atoms with Gasteiger partial charge in [-0.1, -0.05) is 49.7 Å². The molecule has 2 unspecified atom stereocenters. The lowest BCUT2D eigenvalue weighted by Crippen LogP contribution is -2.51. The van der Waals surface area contributed by atoms with Gasteiger partial charge in [0.05, 0.1) is 0 Å². The molecule has 31 heavy (non-hydrogen) atoms. The molecule has 0 heterocycles. The molecule has 0 aliphatic rings. The first-order chi connectivity index (χ1) is 14.8. The minimum Gasteiger partial charge on any atom is -0.483 e. The van der Waals surface area contributed by atoms with Crippen molar-refractivity contribution >= 4 is 23.4 Å². The first-order valence-corrected chi connectivity index (χ1v) is 11.2. The van der Waals surface area contributed by atoms with Crippen molar-refractivity contribution in [2.24, 2.45) is 0 Å². The SMILES string of the molecule is CCC(C)NC(=O)C(CC)N(Cc1ccc(Cl)cc1)C(=O)COc1cccc(C)c1C. The second-order valence-corrected chi connectivity index (χ2v) is 8.31. The van der Waals surface area contributed by atoms with Crippen LogP contribution in [0.15, 0.2) is 42.5 Å². The maximum Gasteiger partial charge on any atom is 0.261 e. The molecule has 2 aromatic rings. The van der Waals surface area contributed by atoms with Crippen LogP contribution in [0, 0.1) is 13.8 Å². The molecule has 0 saturated carbocycles. The van der Waals surface area contributed by atoms with Crippen molar-refractivity contribution < 1.29 is 14.3 Å². The van der Waals surface area contributed by atoms with Crippen LogP contribution in [0.25, 0.3) is 0 Å². The molecule has 6 heteroatoms. The van der Waals surface area contributed by atoms with Gasteiger partial charge in [0.2, 0.25) is 5.91 Å². The van der Waals surface area contributed by atoms with E-state index >= 15 is 0 Å². The average Bonchev–Trinajstić information content (AvgIpc) is 2.75. The van der Waals surface area contributed by atoms with Crippen molar-refractivity contribution in [1.82, 2.24) is 10.2 Å². The van der Waals surface area contributed by atoms with Crippen LogP contribution in [0.4, 0.5) is 0 Å². The van der Waals surface area contributed by atoms with Gasteiger partial charge >= 0.3 is 0 Å². The van der Waals surface area contributed by atoms with Gasteiger partial charge in [0, 0.05) is 17.6 Å². The summed E-state index contributed by atoms with van der Waals surface area (Å²) >= 11 is 6.00. The molecule has 168 valence electrons. The summed E-state index contributed by atoms with van der Waals surface area (Å²) in [6.45, 7) is 10.0. The molecule has 0 saturated heterocycles. The predicted molar refractivity (Wildman–Crippen MR) is 125 cm³/mol. The maximum atomic E-state index is 13.2. The number of rotatable bonds is 10. The van der Waals surface area contributed by atoms with Crippen LogP contribution < -0.4 is 10.1 Å². The molecule has 2 aromatic carbocycles. The Balaban J connectivity index is 2.23. The van der Waals surface area contributed by atoms with Crippen molar-refractivity contribution in [1.29, 1.82) is 0 Å². The zero-order valence-electron chi connectivity index (χ0n) is 19.1. The average molecular weight is 445 g/mol. The number of benzene rings is 2. The monoisotopic (exact) mass is 444 g/mol. The zero-order chi connectivity index (χ0) is 23.0. The molecule has 0 aromatic heterocycles. The lowest BCUT2D eigenvalue weighted by Gasteiger charge is -2.31. The summed E-state index contributed by atoms with van der Waals surface area (Å²) in [6.07, 6.45) is 1.33. The number of aryl methyl sites for hydroxylation is 1. The zero-order valence-corrected chi connectivity index (χ0v) is 19.8. The smallest absolute Gasteiger partial charge is 0.261 e. The third-order valence-electron chi connectivity index (χ3n) is 5.56. The van der Waals surface area contributed by atoms with E-state index in [1.165, 1.54) is 0 Å². The lowest BCUT2D eigenvalue weighted by atomic mass is 10.1. The van der Waals surface area contributed by atoms with Crippen molar-refractivity contribution in [3.05, 3.63) is 64.2 Å². The topological polar surface area (TPSA) is 58.6 Å². The molecule has 0 aliphatic heterocycles. The van der Waals surface area contributed by atoms with Crippen LogP contribution in [0.3, 0.4) is 0 Å². The van der Waals surface area contributed by atoms with Gasteiger partial charge in [0.25, 0.3) is 5.91 Å². The summed E-state index contributed by atoms with van der Waals surface area (Å²) in [5.41, 5.74) is 3.00. The summed E-state index contributed by atoms with van der Waals surface area (Å²) < 4.78 is 5.85. The molecule has 0 aliphatic carbocycles. The van der Waals surface area contributed by atoms with E-state index in [2.05, 4.69) is 5.32 Å². The van der Waals surface area contributed by atoms with E-state index in [1.54, 1.807) is 17.0 Å². The number of hydrogen-bond acceptors (Lipinski definition) is 3. The largest absolute Gasteiger partial charge is 0.483 e. The van der Waals surface area contributed by atoms with Gasteiger partial charge in [0.15, 0.2) is 6.61 Å². The minimum atomic E-state index is -0.584. The standard InChI is InChI=1S/C25H33ClN2O3/c1-6-18(4)27-25(30)22(7-2)28(15-20-11-13-21(26)14-12-20)24(29)16-31-23-10-8-9-17(3)19(23)5/h8-14,18,22H,6-7,15-16H2,1-5H3,(H,27,30). The second-order valence-electron chi connectivity index (χ2n) is 7.88. The van der Waals surface area contributed by atoms with Crippen molar-refractivity contribution in [2.75, 3.05) is 6.61 Å². The summed E-state index contributed by atoms with van der Waals surface area (Å²) in [5.74, 6) is 0.296. The van der Waals surface area contributed by atoms with Gasteiger partial charge < -0.3 is 15.0 Å². The highest BCUT2D eigenvalue weighted by molar-refractivity contribution is 6.30. The Morgan fingerprint density at radius 1 is 1.06 bits per heavy atom. The Morgan fingerprint density at radius 3 is 2.35 bits per heavy atom. The van der Waals surface area contributed by atoms with Gasteiger partial charge in [0.1, 0.15) is 11.8 Å². The molecule has 0 fully saturated rings. The van der Waals surface area contributed by atoms with E-state index in [9.17, 15) is 9.59 Å². The van der Waals surface area contributed by atoms with Crippen LogP contribution in [0.1, 0.15) is 50.3 Å². The normalized spacial score (nSPS) is 12.7. The van der Waals surface area contributed by atoms with Crippen molar-refractivity contribution in [3.8, 4) is 5.75 Å². The van der Waals surface area contributed by atoms with E-state index in [4.69, 9.17) is 16.3 Å². The molecule has 0 bridgehead atoms. The van der Waals surface area contributed by atoms with E-state index in [1.807, 2.05) is 65.0 Å². The second kappa shape index (κ2) is 11.8. The molecular formula is C25H33ClN2O3. The minimum absolute atomic E-state index is 0.0419. The molecule has 2 rings (SSSR count). The van der Waals surface area contributed by atoms with Crippen LogP contribution in [0.2, 0.25) is 5.02 Å². The van der Waals surface area contributed by atoms with Crippen LogP contribution in [-0.4, -0.2) is 35.4 Å². The van der Waals surface area contributed by atoms with E-state index < -0.39 is 6.04 Å². The molecule has 2 amide bonds. The van der Waals surface area contributed by atoms with Gasteiger partial charge in [-0.05, 0) is 68.5 Å². The first-order valence-electron chi connectivity index (χ1n) is 10.8. The number of ether oxygens (including phenoxy) is 1. The maximum absolute atomic E-state index is 13.2. The molecule has 0 radical (unpaired) electrons. The van der Waals surface area contributed by atoms with Crippen molar-refractivity contribution in [3.63, 3.8) is 0 Å². The lowest BCUT2D eigenvalue weighted by molar-refractivity contribution is -0.143. The number of carbonyl (C=O) groups is 2. The number of nitrogens with zero attached hydrogens (tertiary/aromatic N) is 1. The van der Waals surface area contributed by atoms with Gasteiger partial charge in [-0.15, -0.1) is 0 Å². The van der Waals surface area contributed by atoms with Crippen LogP contribution in [0.5, 0.6) is 5.75 Å². The summed E-state index contributed by atoms with van der Waals surface area (Å²) in [7, 11) is 0. The number of hydrogen-bond donors (Lipinski definition) is 1. The van der Waals surface area contributed by atoms with Crippen LogP contribution in [-0.2, 0) is 16.1 Å². The highest BCUT2D eigenvalue weighted by atomic mass is 35.5. The predicted octanol–water partition coefficient (Wildman–Crippen LogP) is 5.06. The highest BCUT2D eigenvalue weighted by Crippen LogP contribution is 2.21.